The summed E-state index contributed by atoms with van der Waals surface area (Å²) in [7, 11) is 0. The van der Waals surface area contributed by atoms with E-state index in [0.717, 1.165) is 0 Å². The lowest BCUT2D eigenvalue weighted by Gasteiger charge is -2.08. The Hall–Kier alpha value is -2.60. The van der Waals surface area contributed by atoms with Crippen LogP contribution in [0.4, 0.5) is 17.1 Å². The molecule has 0 atom stereocenters. The fourth-order valence-corrected chi connectivity index (χ4v) is 1.82. The van der Waals surface area contributed by atoms with Gasteiger partial charge in [-0.1, -0.05) is 23.7 Å². The number of carbonyl (C=O) groups is 1. The van der Waals surface area contributed by atoms with Gasteiger partial charge in [-0.05, 0) is 24.3 Å². The Morgan fingerprint density at radius 2 is 1.95 bits per heavy atom. The van der Waals surface area contributed by atoms with E-state index in [4.69, 9.17) is 17.3 Å². The Morgan fingerprint density at radius 1 is 1.25 bits per heavy atom. The molecule has 6 nitrogen and oxygen atoms in total. The zero-order valence-corrected chi connectivity index (χ0v) is 10.9. The molecule has 0 bridgehead atoms. The van der Waals surface area contributed by atoms with Crippen molar-refractivity contribution in [2.24, 2.45) is 0 Å². The van der Waals surface area contributed by atoms with Gasteiger partial charge in [-0.3, -0.25) is 14.9 Å². The average molecular weight is 292 g/mol. The molecule has 2 rings (SSSR count). The molecule has 0 saturated carbocycles. The number of nitrogen functional groups attached to an aromatic ring is 1. The van der Waals surface area contributed by atoms with Crippen LogP contribution in [-0.4, -0.2) is 10.8 Å². The Bertz CT molecular complexity index is 688. The highest BCUT2D eigenvalue weighted by Crippen LogP contribution is 2.25. The van der Waals surface area contributed by atoms with Gasteiger partial charge in [0.2, 0.25) is 0 Å². The van der Waals surface area contributed by atoms with Gasteiger partial charge in [-0.15, -0.1) is 0 Å². The number of para-hydroxylation sites is 2. The lowest BCUT2D eigenvalue weighted by Crippen LogP contribution is -2.15. The van der Waals surface area contributed by atoms with Crippen LogP contribution in [-0.2, 0) is 0 Å². The van der Waals surface area contributed by atoms with Crippen molar-refractivity contribution in [3.63, 3.8) is 0 Å². The van der Waals surface area contributed by atoms with Gasteiger partial charge in [-0.25, -0.2) is 0 Å². The third kappa shape index (κ3) is 2.86. The molecule has 3 N–H and O–H groups in total. The molecule has 0 aliphatic rings. The summed E-state index contributed by atoms with van der Waals surface area (Å²) in [5.41, 5.74) is 6.01. The van der Waals surface area contributed by atoms with Gasteiger partial charge in [0, 0.05) is 11.1 Å². The number of nitrogens with one attached hydrogen (secondary N) is 1. The summed E-state index contributed by atoms with van der Waals surface area (Å²) < 4.78 is 0. The van der Waals surface area contributed by atoms with Crippen LogP contribution >= 0.6 is 11.6 Å². The van der Waals surface area contributed by atoms with Crippen molar-refractivity contribution >= 4 is 34.6 Å². The van der Waals surface area contributed by atoms with Crippen LogP contribution in [0.15, 0.2) is 42.5 Å². The van der Waals surface area contributed by atoms with E-state index in [1.807, 2.05) is 0 Å². The molecule has 2 aromatic rings. The van der Waals surface area contributed by atoms with Crippen molar-refractivity contribution in [3.05, 3.63) is 63.2 Å². The summed E-state index contributed by atoms with van der Waals surface area (Å²) >= 11 is 5.77. The largest absolute Gasteiger partial charge is 0.397 e. The molecule has 1 amide bonds. The van der Waals surface area contributed by atoms with E-state index in [-0.39, 0.29) is 16.3 Å². The monoisotopic (exact) mass is 291 g/mol. The molecule has 20 heavy (non-hydrogen) atoms. The minimum absolute atomic E-state index is 0.120. The average Bonchev–Trinajstić information content (AvgIpc) is 2.40. The number of amides is 1. The first-order valence-electron chi connectivity index (χ1n) is 5.59. The minimum atomic E-state index is -0.642. The predicted octanol–water partition coefficient (Wildman–Crippen LogP) is 3.08. The van der Waals surface area contributed by atoms with E-state index >= 15 is 0 Å². The Kier molecular flexibility index (Phi) is 3.86. The van der Waals surface area contributed by atoms with Gasteiger partial charge in [-0.2, -0.15) is 0 Å². The number of anilines is 2. The Labute approximate surface area is 119 Å². The number of hydrogen-bond acceptors (Lipinski definition) is 4. The molecule has 0 aliphatic carbocycles. The number of halogens is 1. The van der Waals surface area contributed by atoms with Crippen LogP contribution in [0.5, 0.6) is 0 Å². The summed E-state index contributed by atoms with van der Waals surface area (Å²) in [5.74, 6) is -0.642. The number of nitro groups is 1. The van der Waals surface area contributed by atoms with Crippen molar-refractivity contribution in [1.29, 1.82) is 0 Å². The molecule has 7 heteroatoms. The van der Waals surface area contributed by atoms with Crippen molar-refractivity contribution in [3.8, 4) is 0 Å². The van der Waals surface area contributed by atoms with Crippen LogP contribution in [0, 0.1) is 10.1 Å². The second kappa shape index (κ2) is 5.58. The maximum Gasteiger partial charge on any atom is 0.282 e. The molecule has 0 spiro atoms. The van der Waals surface area contributed by atoms with E-state index < -0.39 is 10.8 Å². The summed E-state index contributed by atoms with van der Waals surface area (Å²) in [6, 6.07) is 10.4. The van der Waals surface area contributed by atoms with Crippen molar-refractivity contribution in [2.75, 3.05) is 11.1 Å². The quantitative estimate of drug-likeness (QED) is 0.516. The van der Waals surface area contributed by atoms with E-state index in [1.54, 1.807) is 24.3 Å². The predicted molar refractivity (Wildman–Crippen MR) is 76.9 cm³/mol. The molecule has 2 aromatic carbocycles. The fourth-order valence-electron chi connectivity index (χ4n) is 1.65. The zero-order valence-electron chi connectivity index (χ0n) is 10.2. The Morgan fingerprint density at radius 3 is 2.60 bits per heavy atom. The summed E-state index contributed by atoms with van der Waals surface area (Å²) in [5, 5.41) is 13.7. The van der Waals surface area contributed by atoms with E-state index in [9.17, 15) is 14.9 Å². The first-order valence-corrected chi connectivity index (χ1v) is 5.96. The number of nitrogens with zero attached hydrogens (tertiary/aromatic N) is 1. The molecule has 0 heterocycles. The Balaban J connectivity index is 2.37. The van der Waals surface area contributed by atoms with Gasteiger partial charge in [0.15, 0.2) is 0 Å². The van der Waals surface area contributed by atoms with Crippen LogP contribution in [0.25, 0.3) is 0 Å². The first kappa shape index (κ1) is 13.8. The SMILES string of the molecule is Nc1ccccc1NC(=O)c1cc(Cl)ccc1[N+](=O)[O-]. The number of benzene rings is 2. The maximum atomic E-state index is 12.1. The van der Waals surface area contributed by atoms with Crippen LogP contribution < -0.4 is 11.1 Å². The molecule has 0 radical (unpaired) electrons. The van der Waals surface area contributed by atoms with Crippen molar-refractivity contribution in [2.45, 2.75) is 0 Å². The van der Waals surface area contributed by atoms with E-state index in [2.05, 4.69) is 5.32 Å². The lowest BCUT2D eigenvalue weighted by molar-refractivity contribution is -0.385. The topological polar surface area (TPSA) is 98.3 Å². The van der Waals surface area contributed by atoms with Gasteiger partial charge >= 0.3 is 0 Å². The maximum absolute atomic E-state index is 12.1. The molecular weight excluding hydrogens is 282 g/mol. The van der Waals surface area contributed by atoms with E-state index in [1.165, 1.54) is 18.2 Å². The molecular formula is C13H10ClN3O3. The van der Waals surface area contributed by atoms with E-state index in [0.29, 0.717) is 11.4 Å². The van der Waals surface area contributed by atoms with Crippen molar-refractivity contribution < 1.29 is 9.72 Å². The number of rotatable bonds is 3. The van der Waals surface area contributed by atoms with Crippen LogP contribution in [0.3, 0.4) is 0 Å². The van der Waals surface area contributed by atoms with Crippen molar-refractivity contribution in [1.82, 2.24) is 0 Å². The highest BCUT2D eigenvalue weighted by atomic mass is 35.5. The third-order valence-electron chi connectivity index (χ3n) is 2.61. The van der Waals surface area contributed by atoms with Gasteiger partial charge < -0.3 is 11.1 Å². The smallest absolute Gasteiger partial charge is 0.282 e. The second-order valence-electron chi connectivity index (χ2n) is 3.96. The lowest BCUT2D eigenvalue weighted by atomic mass is 10.1. The summed E-state index contributed by atoms with van der Waals surface area (Å²) in [6.45, 7) is 0. The van der Waals surface area contributed by atoms with Gasteiger partial charge in [0.25, 0.3) is 11.6 Å². The zero-order chi connectivity index (χ0) is 14.7. The second-order valence-corrected chi connectivity index (χ2v) is 4.40. The van der Waals surface area contributed by atoms with Crippen LogP contribution in [0.1, 0.15) is 10.4 Å². The normalized spacial score (nSPS) is 10.1. The molecule has 0 aliphatic heterocycles. The highest BCUT2D eigenvalue weighted by Gasteiger charge is 2.20. The number of carbonyl (C=O) groups excluding carboxylic acids is 1. The number of hydrogen-bond donors (Lipinski definition) is 2. The summed E-state index contributed by atoms with van der Waals surface area (Å²) in [6.07, 6.45) is 0. The number of nitrogens with two attached hydrogens (primary N) is 1. The van der Waals surface area contributed by atoms with Gasteiger partial charge in [0.1, 0.15) is 5.56 Å². The van der Waals surface area contributed by atoms with Gasteiger partial charge in [0.05, 0.1) is 16.3 Å². The number of nitro benzene ring substituents is 1. The molecule has 0 fully saturated rings. The standard InChI is InChI=1S/C13H10ClN3O3/c14-8-5-6-12(17(19)20)9(7-8)13(18)16-11-4-2-1-3-10(11)15/h1-7H,15H2,(H,16,18). The van der Waals surface area contributed by atoms with Crippen LogP contribution in [0.2, 0.25) is 5.02 Å². The first-order chi connectivity index (χ1) is 9.49. The molecule has 0 saturated heterocycles. The summed E-state index contributed by atoms with van der Waals surface area (Å²) in [4.78, 5) is 22.4. The molecule has 102 valence electrons. The fraction of sp³-hybridized carbons (Fsp3) is 0. The third-order valence-corrected chi connectivity index (χ3v) is 2.84. The highest BCUT2D eigenvalue weighted by molar-refractivity contribution is 6.31. The minimum Gasteiger partial charge on any atom is -0.397 e. The molecule has 0 aromatic heterocycles. The molecule has 0 unspecified atom stereocenters.